The summed E-state index contributed by atoms with van der Waals surface area (Å²) >= 11 is 0. The highest BCUT2D eigenvalue weighted by Crippen LogP contribution is 1.94. The molecular weight excluding hydrogens is 238 g/mol. The van der Waals surface area contributed by atoms with Gasteiger partial charge in [0.1, 0.15) is 0 Å². The molecule has 0 spiro atoms. The number of aliphatic hydroxyl groups excluding tert-OH is 2. The van der Waals surface area contributed by atoms with Gasteiger partial charge in [-0.1, -0.05) is 0 Å². The number of carbonyl (C=O) groups excluding carboxylic acids is 2. The Morgan fingerprint density at radius 1 is 1.33 bits per heavy atom. The highest BCUT2D eigenvalue weighted by molar-refractivity contribution is 5.96. The monoisotopic (exact) mass is 253 g/mol. The molecule has 18 heavy (non-hydrogen) atoms. The van der Waals surface area contributed by atoms with Gasteiger partial charge in [0.15, 0.2) is 0 Å². The quantitative estimate of drug-likeness (QED) is 0.482. The molecule has 2 amide bonds. The van der Waals surface area contributed by atoms with E-state index in [0.717, 1.165) is 0 Å². The smallest absolute Gasteiger partial charge is 0.253 e. The summed E-state index contributed by atoms with van der Waals surface area (Å²) in [4.78, 5) is 26.7. The first-order valence-corrected chi connectivity index (χ1v) is 5.36. The van der Waals surface area contributed by atoms with Crippen LogP contribution >= 0.6 is 0 Å². The Bertz CT molecular complexity index is 393. The van der Waals surface area contributed by atoms with E-state index in [1.807, 2.05) is 0 Å². The molecule has 0 saturated heterocycles. The second kappa shape index (κ2) is 7.36. The molecule has 0 aliphatic carbocycles. The maximum Gasteiger partial charge on any atom is 0.253 e. The number of nitrogens with one attached hydrogen (secondary N) is 2. The highest BCUT2D eigenvalue weighted by Gasteiger charge is 2.11. The van der Waals surface area contributed by atoms with E-state index >= 15 is 0 Å². The van der Waals surface area contributed by atoms with Crippen molar-refractivity contribution in [2.75, 3.05) is 19.8 Å². The number of nitrogens with zero attached hydrogens (tertiary/aromatic N) is 1. The van der Waals surface area contributed by atoms with Crippen LogP contribution in [0.1, 0.15) is 10.4 Å². The van der Waals surface area contributed by atoms with E-state index < -0.39 is 17.9 Å². The Labute approximate surface area is 104 Å². The zero-order chi connectivity index (χ0) is 13.4. The number of hydrogen-bond acceptors (Lipinski definition) is 5. The molecule has 1 aromatic rings. The molecule has 1 aromatic heterocycles. The van der Waals surface area contributed by atoms with Crippen molar-refractivity contribution in [1.82, 2.24) is 15.6 Å². The topological polar surface area (TPSA) is 112 Å². The van der Waals surface area contributed by atoms with Crippen LogP contribution < -0.4 is 10.6 Å². The number of aromatic nitrogens is 1. The second-order valence-corrected chi connectivity index (χ2v) is 3.55. The average molecular weight is 253 g/mol. The molecule has 0 atom stereocenters. The molecule has 0 fully saturated rings. The van der Waals surface area contributed by atoms with E-state index in [1.54, 1.807) is 12.1 Å². The number of amides is 2. The normalized spacial score (nSPS) is 10.2. The van der Waals surface area contributed by atoms with E-state index in [2.05, 4.69) is 15.6 Å². The van der Waals surface area contributed by atoms with Crippen LogP contribution in [0, 0.1) is 0 Å². The van der Waals surface area contributed by atoms with E-state index in [9.17, 15) is 9.59 Å². The van der Waals surface area contributed by atoms with Gasteiger partial charge in [-0.15, -0.1) is 0 Å². The van der Waals surface area contributed by atoms with Crippen LogP contribution in [0.25, 0.3) is 0 Å². The molecule has 1 heterocycles. The van der Waals surface area contributed by atoms with Gasteiger partial charge in [0.25, 0.3) is 5.91 Å². The third kappa shape index (κ3) is 4.48. The molecule has 0 aromatic carbocycles. The molecule has 7 heteroatoms. The van der Waals surface area contributed by atoms with Crippen molar-refractivity contribution >= 4 is 11.8 Å². The van der Waals surface area contributed by atoms with Gasteiger partial charge in [-0.05, 0) is 12.1 Å². The van der Waals surface area contributed by atoms with E-state index in [4.69, 9.17) is 10.2 Å². The minimum Gasteiger partial charge on any atom is -0.394 e. The van der Waals surface area contributed by atoms with Crippen molar-refractivity contribution in [2.24, 2.45) is 0 Å². The van der Waals surface area contributed by atoms with Crippen LogP contribution in [0.15, 0.2) is 24.5 Å². The Kier molecular flexibility index (Phi) is 5.75. The summed E-state index contributed by atoms with van der Waals surface area (Å²) in [6, 6.07) is 2.47. The first-order chi connectivity index (χ1) is 8.67. The van der Waals surface area contributed by atoms with Crippen molar-refractivity contribution in [1.29, 1.82) is 0 Å². The van der Waals surface area contributed by atoms with Crippen LogP contribution in [0.3, 0.4) is 0 Å². The molecule has 1 rings (SSSR count). The molecule has 0 saturated carbocycles. The summed E-state index contributed by atoms with van der Waals surface area (Å²) in [7, 11) is 0. The molecule has 7 nitrogen and oxygen atoms in total. The van der Waals surface area contributed by atoms with Crippen LogP contribution in [0.2, 0.25) is 0 Å². The largest absolute Gasteiger partial charge is 0.394 e. The molecule has 0 radical (unpaired) electrons. The zero-order valence-corrected chi connectivity index (χ0v) is 9.67. The maximum absolute atomic E-state index is 11.5. The van der Waals surface area contributed by atoms with E-state index in [1.165, 1.54) is 12.4 Å². The van der Waals surface area contributed by atoms with Gasteiger partial charge in [0, 0.05) is 12.4 Å². The summed E-state index contributed by atoms with van der Waals surface area (Å²) in [5.41, 5.74) is 0.353. The summed E-state index contributed by atoms with van der Waals surface area (Å²) < 4.78 is 0. The number of rotatable bonds is 6. The van der Waals surface area contributed by atoms with Gasteiger partial charge in [-0.25, -0.2) is 0 Å². The molecule has 4 N–H and O–H groups in total. The fourth-order valence-corrected chi connectivity index (χ4v) is 1.19. The predicted molar refractivity (Wildman–Crippen MR) is 62.7 cm³/mol. The standard InChI is InChI=1S/C11H15N3O4/c15-6-9(7-16)14-10(17)5-13-11(18)8-2-1-3-12-4-8/h1-4,9,15-16H,5-7H2,(H,13,18)(H,14,17). The predicted octanol–water partition coefficient (Wildman–Crippen LogP) is -1.72. The molecule has 0 aliphatic heterocycles. The fraction of sp³-hybridized carbons (Fsp3) is 0.364. The van der Waals surface area contributed by atoms with Crippen molar-refractivity contribution in [3.8, 4) is 0 Å². The lowest BCUT2D eigenvalue weighted by Gasteiger charge is -2.13. The minimum absolute atomic E-state index is 0.232. The van der Waals surface area contributed by atoms with Gasteiger partial charge >= 0.3 is 0 Å². The van der Waals surface area contributed by atoms with E-state index in [-0.39, 0.29) is 19.8 Å². The van der Waals surface area contributed by atoms with Crippen molar-refractivity contribution < 1.29 is 19.8 Å². The molecule has 0 aliphatic rings. The van der Waals surface area contributed by atoms with Crippen LogP contribution in [0.4, 0.5) is 0 Å². The third-order valence-electron chi connectivity index (χ3n) is 2.14. The van der Waals surface area contributed by atoms with Crippen LogP contribution in [-0.2, 0) is 4.79 Å². The fourth-order valence-electron chi connectivity index (χ4n) is 1.19. The maximum atomic E-state index is 11.5. The van der Waals surface area contributed by atoms with Gasteiger partial charge in [-0.2, -0.15) is 0 Å². The summed E-state index contributed by atoms with van der Waals surface area (Å²) in [6.07, 6.45) is 2.92. The summed E-state index contributed by atoms with van der Waals surface area (Å²) in [6.45, 7) is -0.957. The Balaban J connectivity index is 2.37. The first kappa shape index (κ1) is 14.1. The van der Waals surface area contributed by atoms with Gasteiger partial charge in [-0.3, -0.25) is 14.6 Å². The number of carbonyl (C=O) groups is 2. The molecule has 0 bridgehead atoms. The number of aliphatic hydroxyl groups is 2. The van der Waals surface area contributed by atoms with Crippen molar-refractivity contribution in [3.63, 3.8) is 0 Å². The molecular formula is C11H15N3O4. The summed E-state index contributed by atoms with van der Waals surface area (Å²) in [5.74, 6) is -0.900. The lowest BCUT2D eigenvalue weighted by molar-refractivity contribution is -0.121. The van der Waals surface area contributed by atoms with Crippen LogP contribution in [-0.4, -0.2) is 52.8 Å². The summed E-state index contributed by atoms with van der Waals surface area (Å²) in [5, 5.41) is 22.3. The first-order valence-electron chi connectivity index (χ1n) is 5.36. The SMILES string of the molecule is O=C(CNC(=O)c1cccnc1)NC(CO)CO. The van der Waals surface area contributed by atoms with Crippen molar-refractivity contribution in [3.05, 3.63) is 30.1 Å². The molecule has 98 valence electrons. The third-order valence-corrected chi connectivity index (χ3v) is 2.14. The van der Waals surface area contributed by atoms with Gasteiger partial charge in [0.2, 0.25) is 5.91 Å². The van der Waals surface area contributed by atoms with E-state index in [0.29, 0.717) is 5.56 Å². The van der Waals surface area contributed by atoms with Gasteiger partial charge in [0.05, 0.1) is 31.4 Å². The number of pyridine rings is 1. The zero-order valence-electron chi connectivity index (χ0n) is 9.67. The lowest BCUT2D eigenvalue weighted by Crippen LogP contribution is -2.45. The van der Waals surface area contributed by atoms with Crippen molar-refractivity contribution in [2.45, 2.75) is 6.04 Å². The van der Waals surface area contributed by atoms with Gasteiger partial charge < -0.3 is 20.8 Å². The second-order valence-electron chi connectivity index (χ2n) is 3.55. The molecule has 0 unspecified atom stereocenters. The Morgan fingerprint density at radius 2 is 2.06 bits per heavy atom. The average Bonchev–Trinajstić information content (AvgIpc) is 2.43. The lowest BCUT2D eigenvalue weighted by atomic mass is 10.2. The highest BCUT2D eigenvalue weighted by atomic mass is 16.3. The number of hydrogen-bond donors (Lipinski definition) is 4. The Hall–Kier alpha value is -1.99. The minimum atomic E-state index is -0.715. The Morgan fingerprint density at radius 3 is 2.61 bits per heavy atom. The van der Waals surface area contributed by atoms with Crippen LogP contribution in [0.5, 0.6) is 0 Å².